The highest BCUT2D eigenvalue weighted by atomic mass is 79.9. The van der Waals surface area contributed by atoms with Crippen molar-refractivity contribution in [2.24, 2.45) is 0 Å². The van der Waals surface area contributed by atoms with Crippen molar-refractivity contribution in [3.8, 4) is 5.75 Å². The molecular formula is C20H23BrN2O2. The molecule has 1 N–H and O–H groups in total. The predicted molar refractivity (Wildman–Crippen MR) is 106 cm³/mol. The number of piperidine rings is 1. The first-order valence-corrected chi connectivity index (χ1v) is 9.39. The molecule has 1 saturated heterocycles. The molecule has 4 nitrogen and oxygen atoms in total. The maximum Gasteiger partial charge on any atom is 0.259 e. The maximum atomic E-state index is 12.6. The Morgan fingerprint density at radius 3 is 2.64 bits per heavy atom. The van der Waals surface area contributed by atoms with Gasteiger partial charge in [-0.1, -0.05) is 15.9 Å². The van der Waals surface area contributed by atoms with Crippen LogP contribution in [0.3, 0.4) is 0 Å². The summed E-state index contributed by atoms with van der Waals surface area (Å²) in [5, 5.41) is 2.94. The lowest BCUT2D eigenvalue weighted by Gasteiger charge is -2.35. The van der Waals surface area contributed by atoms with Gasteiger partial charge in [-0.25, -0.2) is 0 Å². The molecule has 1 heterocycles. The molecule has 0 bridgehead atoms. The summed E-state index contributed by atoms with van der Waals surface area (Å²) in [5.41, 5.74) is 2.50. The van der Waals surface area contributed by atoms with Crippen molar-refractivity contribution in [1.82, 2.24) is 0 Å². The number of benzene rings is 2. The molecule has 5 heteroatoms. The minimum atomic E-state index is -0.183. The fourth-order valence-corrected chi connectivity index (χ4v) is 3.64. The molecule has 0 spiro atoms. The van der Waals surface area contributed by atoms with E-state index in [4.69, 9.17) is 4.74 Å². The number of ether oxygens (including phenoxy) is 1. The molecule has 2 aromatic rings. The zero-order valence-electron chi connectivity index (χ0n) is 14.6. The average molecular weight is 403 g/mol. The van der Waals surface area contributed by atoms with Crippen molar-refractivity contribution in [3.63, 3.8) is 0 Å². The van der Waals surface area contributed by atoms with E-state index in [0.717, 1.165) is 16.7 Å². The standard InChI is InChI=1S/C20H23BrN2O2/c1-14-5-3-4-12-23(14)17-9-7-16(8-10-17)22-20(24)18-13-15(21)6-11-19(18)25-2/h6-11,13-14H,3-5,12H2,1-2H3,(H,22,24)/t14-/m1/s1. The van der Waals surface area contributed by atoms with Gasteiger partial charge in [0.05, 0.1) is 12.7 Å². The summed E-state index contributed by atoms with van der Waals surface area (Å²) in [5.74, 6) is 0.372. The molecule has 1 fully saturated rings. The number of anilines is 2. The molecule has 132 valence electrons. The Morgan fingerprint density at radius 2 is 1.96 bits per heavy atom. The summed E-state index contributed by atoms with van der Waals surface area (Å²) in [6.45, 7) is 3.37. The van der Waals surface area contributed by atoms with Gasteiger partial charge in [0.2, 0.25) is 0 Å². The van der Waals surface area contributed by atoms with E-state index in [1.54, 1.807) is 19.2 Å². The number of rotatable bonds is 4. The van der Waals surface area contributed by atoms with Crippen LogP contribution < -0.4 is 15.0 Å². The van der Waals surface area contributed by atoms with Crippen molar-refractivity contribution in [1.29, 1.82) is 0 Å². The van der Waals surface area contributed by atoms with E-state index in [2.05, 4.69) is 45.2 Å². The molecule has 0 unspecified atom stereocenters. The number of halogens is 1. The molecule has 1 amide bonds. The van der Waals surface area contributed by atoms with Crippen LogP contribution in [0.25, 0.3) is 0 Å². The van der Waals surface area contributed by atoms with E-state index in [9.17, 15) is 4.79 Å². The first-order chi connectivity index (χ1) is 12.1. The Morgan fingerprint density at radius 1 is 1.20 bits per heavy atom. The summed E-state index contributed by atoms with van der Waals surface area (Å²) < 4.78 is 6.12. The molecular weight excluding hydrogens is 380 g/mol. The van der Waals surface area contributed by atoms with Crippen LogP contribution in [-0.4, -0.2) is 25.6 Å². The Labute approximate surface area is 157 Å². The zero-order chi connectivity index (χ0) is 17.8. The predicted octanol–water partition coefficient (Wildman–Crippen LogP) is 5.09. The molecule has 0 saturated carbocycles. The topological polar surface area (TPSA) is 41.6 Å². The van der Waals surface area contributed by atoms with Gasteiger partial charge >= 0.3 is 0 Å². The van der Waals surface area contributed by atoms with E-state index in [0.29, 0.717) is 17.4 Å². The zero-order valence-corrected chi connectivity index (χ0v) is 16.2. The number of hydrogen-bond donors (Lipinski definition) is 1. The second-order valence-corrected chi connectivity index (χ2v) is 7.30. The third kappa shape index (κ3) is 4.15. The molecule has 1 aliphatic rings. The molecule has 0 radical (unpaired) electrons. The second-order valence-electron chi connectivity index (χ2n) is 6.38. The summed E-state index contributed by atoms with van der Waals surface area (Å²) in [7, 11) is 1.56. The van der Waals surface area contributed by atoms with E-state index < -0.39 is 0 Å². The monoisotopic (exact) mass is 402 g/mol. The Balaban J connectivity index is 1.73. The number of carbonyl (C=O) groups excluding carboxylic acids is 1. The van der Waals surface area contributed by atoms with Crippen LogP contribution in [0.15, 0.2) is 46.9 Å². The minimum Gasteiger partial charge on any atom is -0.496 e. The Kier molecular flexibility index (Phi) is 5.63. The Bertz CT molecular complexity index is 746. The number of carbonyl (C=O) groups is 1. The average Bonchev–Trinajstić information content (AvgIpc) is 2.63. The fourth-order valence-electron chi connectivity index (χ4n) is 3.27. The van der Waals surface area contributed by atoms with Crippen LogP contribution in [0.5, 0.6) is 5.75 Å². The van der Waals surface area contributed by atoms with E-state index >= 15 is 0 Å². The van der Waals surface area contributed by atoms with Gasteiger partial charge in [-0.3, -0.25) is 4.79 Å². The van der Waals surface area contributed by atoms with Gasteiger partial charge in [0.15, 0.2) is 0 Å². The number of amides is 1. The van der Waals surface area contributed by atoms with Crippen molar-refractivity contribution in [2.75, 3.05) is 23.9 Å². The van der Waals surface area contributed by atoms with Crippen LogP contribution in [0.1, 0.15) is 36.5 Å². The highest BCUT2D eigenvalue weighted by Gasteiger charge is 2.18. The lowest BCUT2D eigenvalue weighted by molar-refractivity contribution is 0.102. The fraction of sp³-hybridized carbons (Fsp3) is 0.350. The largest absolute Gasteiger partial charge is 0.496 e. The lowest BCUT2D eigenvalue weighted by atomic mass is 10.0. The quantitative estimate of drug-likeness (QED) is 0.774. The number of nitrogens with one attached hydrogen (secondary N) is 1. The third-order valence-electron chi connectivity index (χ3n) is 4.67. The first kappa shape index (κ1) is 17.8. The van der Waals surface area contributed by atoms with Crippen molar-refractivity contribution < 1.29 is 9.53 Å². The molecule has 1 aliphatic heterocycles. The minimum absolute atomic E-state index is 0.183. The lowest BCUT2D eigenvalue weighted by Crippen LogP contribution is -2.37. The summed E-state index contributed by atoms with van der Waals surface area (Å²) in [6, 6.07) is 14.0. The highest BCUT2D eigenvalue weighted by Crippen LogP contribution is 2.27. The van der Waals surface area contributed by atoms with Crippen molar-refractivity contribution in [3.05, 3.63) is 52.5 Å². The normalized spacial score (nSPS) is 17.2. The van der Waals surface area contributed by atoms with Gasteiger partial charge in [0.1, 0.15) is 5.75 Å². The van der Waals surface area contributed by atoms with Crippen LogP contribution in [0.4, 0.5) is 11.4 Å². The maximum absolute atomic E-state index is 12.6. The van der Waals surface area contributed by atoms with Gasteiger partial charge < -0.3 is 15.0 Å². The van der Waals surface area contributed by atoms with Gasteiger partial charge in [0.25, 0.3) is 5.91 Å². The number of methoxy groups -OCH3 is 1. The Hall–Kier alpha value is -2.01. The number of hydrogen-bond acceptors (Lipinski definition) is 3. The molecule has 1 atom stereocenters. The van der Waals surface area contributed by atoms with Crippen molar-refractivity contribution in [2.45, 2.75) is 32.2 Å². The van der Waals surface area contributed by atoms with Gasteiger partial charge in [-0.2, -0.15) is 0 Å². The van der Waals surface area contributed by atoms with E-state index in [1.165, 1.54) is 24.9 Å². The third-order valence-corrected chi connectivity index (χ3v) is 5.16. The van der Waals surface area contributed by atoms with E-state index in [1.807, 2.05) is 18.2 Å². The van der Waals surface area contributed by atoms with E-state index in [-0.39, 0.29) is 5.91 Å². The summed E-state index contributed by atoms with van der Waals surface area (Å²) >= 11 is 3.40. The smallest absolute Gasteiger partial charge is 0.259 e. The highest BCUT2D eigenvalue weighted by molar-refractivity contribution is 9.10. The molecule has 3 rings (SSSR count). The number of nitrogens with zero attached hydrogens (tertiary/aromatic N) is 1. The molecule has 2 aromatic carbocycles. The molecule has 0 aliphatic carbocycles. The van der Waals surface area contributed by atoms with Crippen molar-refractivity contribution >= 4 is 33.2 Å². The van der Waals surface area contributed by atoms with Gasteiger partial charge in [-0.15, -0.1) is 0 Å². The van der Waals surface area contributed by atoms with Gasteiger partial charge in [0, 0.05) is 28.4 Å². The van der Waals surface area contributed by atoms with Crippen LogP contribution in [0, 0.1) is 0 Å². The summed E-state index contributed by atoms with van der Waals surface area (Å²) in [6.07, 6.45) is 3.78. The van der Waals surface area contributed by atoms with Crippen LogP contribution in [0.2, 0.25) is 0 Å². The van der Waals surface area contributed by atoms with Crippen LogP contribution in [-0.2, 0) is 0 Å². The van der Waals surface area contributed by atoms with Gasteiger partial charge in [-0.05, 0) is 68.7 Å². The first-order valence-electron chi connectivity index (χ1n) is 8.60. The van der Waals surface area contributed by atoms with Crippen LogP contribution >= 0.6 is 15.9 Å². The molecule has 25 heavy (non-hydrogen) atoms. The molecule has 0 aromatic heterocycles. The second kappa shape index (κ2) is 7.91. The SMILES string of the molecule is COc1ccc(Br)cc1C(=O)Nc1ccc(N2CCCC[C@H]2C)cc1. The summed E-state index contributed by atoms with van der Waals surface area (Å²) in [4.78, 5) is 15.0.